The molecule has 0 amide bonds. The van der Waals surface area contributed by atoms with Crippen molar-refractivity contribution >= 4 is 5.97 Å². The fourth-order valence-electron chi connectivity index (χ4n) is 2.28. The lowest BCUT2D eigenvalue weighted by Crippen LogP contribution is -2.33. The fraction of sp³-hybridized carbons (Fsp3) is 0.500. The molecule has 0 bridgehead atoms. The third kappa shape index (κ3) is 3.53. The molecule has 0 saturated heterocycles. The first-order valence-corrected chi connectivity index (χ1v) is 6.35. The molecule has 1 saturated carbocycles. The summed E-state index contributed by atoms with van der Waals surface area (Å²) in [7, 11) is 0. The number of aromatic carboxylic acids is 1. The van der Waals surface area contributed by atoms with Crippen LogP contribution in [0.1, 0.15) is 41.6 Å². The standard InChI is InChI=1S/C14H18FNO2/c15-12-5-7-13(8-6-12)16-9-10-1-3-11(4-2-10)14(17)18/h1-4,12-13,16H,5-9H2,(H,17,18). The number of alkyl halides is 1. The van der Waals surface area contributed by atoms with Crippen molar-refractivity contribution in [2.24, 2.45) is 0 Å². The molecule has 2 rings (SSSR count). The quantitative estimate of drug-likeness (QED) is 0.865. The molecule has 3 nitrogen and oxygen atoms in total. The highest BCUT2D eigenvalue weighted by molar-refractivity contribution is 5.87. The lowest BCUT2D eigenvalue weighted by molar-refractivity contribution is 0.0697. The van der Waals surface area contributed by atoms with Crippen molar-refractivity contribution in [3.63, 3.8) is 0 Å². The Balaban J connectivity index is 1.81. The summed E-state index contributed by atoms with van der Waals surface area (Å²) in [4.78, 5) is 10.7. The lowest BCUT2D eigenvalue weighted by atomic mass is 9.94. The number of carboxylic acid groups (broad SMARTS) is 1. The van der Waals surface area contributed by atoms with Crippen LogP contribution in [-0.2, 0) is 6.54 Å². The van der Waals surface area contributed by atoms with E-state index in [1.807, 2.05) is 12.1 Å². The monoisotopic (exact) mass is 251 g/mol. The lowest BCUT2D eigenvalue weighted by Gasteiger charge is -2.25. The van der Waals surface area contributed by atoms with Gasteiger partial charge in [-0.2, -0.15) is 0 Å². The molecule has 98 valence electrons. The van der Waals surface area contributed by atoms with Crippen LogP contribution in [0.5, 0.6) is 0 Å². The summed E-state index contributed by atoms with van der Waals surface area (Å²) in [5.41, 5.74) is 1.36. The van der Waals surface area contributed by atoms with E-state index < -0.39 is 12.1 Å². The predicted octanol–water partition coefficient (Wildman–Crippen LogP) is 2.76. The van der Waals surface area contributed by atoms with Crippen LogP contribution in [0.15, 0.2) is 24.3 Å². The summed E-state index contributed by atoms with van der Waals surface area (Å²) in [6.45, 7) is 0.710. The summed E-state index contributed by atoms with van der Waals surface area (Å²) in [5.74, 6) is -0.907. The molecule has 1 aromatic carbocycles. The van der Waals surface area contributed by atoms with Crippen molar-refractivity contribution in [1.29, 1.82) is 0 Å². The van der Waals surface area contributed by atoms with Gasteiger partial charge >= 0.3 is 5.97 Å². The van der Waals surface area contributed by atoms with Gasteiger partial charge in [-0.3, -0.25) is 0 Å². The molecule has 1 aliphatic carbocycles. The van der Waals surface area contributed by atoms with Gasteiger partial charge in [0.05, 0.1) is 5.56 Å². The number of hydrogen-bond donors (Lipinski definition) is 2. The summed E-state index contributed by atoms with van der Waals surface area (Å²) in [6.07, 6.45) is 2.44. The van der Waals surface area contributed by atoms with Gasteiger partial charge in [0.15, 0.2) is 0 Å². The smallest absolute Gasteiger partial charge is 0.335 e. The molecule has 0 unspecified atom stereocenters. The van der Waals surface area contributed by atoms with Crippen molar-refractivity contribution in [2.75, 3.05) is 0 Å². The number of hydrogen-bond acceptors (Lipinski definition) is 2. The second-order valence-corrected chi connectivity index (χ2v) is 4.83. The Bertz CT molecular complexity index is 397. The molecule has 1 aromatic rings. The van der Waals surface area contributed by atoms with E-state index in [9.17, 15) is 9.18 Å². The minimum atomic E-state index is -0.907. The van der Waals surface area contributed by atoms with E-state index >= 15 is 0 Å². The number of carboxylic acids is 1. The molecule has 2 N–H and O–H groups in total. The number of carbonyl (C=O) groups is 1. The molecular formula is C14H18FNO2. The molecule has 0 aromatic heterocycles. The van der Waals surface area contributed by atoms with Crippen LogP contribution in [0.4, 0.5) is 4.39 Å². The first kappa shape index (κ1) is 13.0. The minimum absolute atomic E-state index is 0.302. The van der Waals surface area contributed by atoms with E-state index in [0.717, 1.165) is 18.4 Å². The van der Waals surface area contributed by atoms with Crippen LogP contribution in [0, 0.1) is 0 Å². The fourth-order valence-corrected chi connectivity index (χ4v) is 2.28. The van der Waals surface area contributed by atoms with Gasteiger partial charge in [-0.15, -0.1) is 0 Å². The molecule has 1 aliphatic rings. The van der Waals surface area contributed by atoms with Gasteiger partial charge in [0.1, 0.15) is 6.17 Å². The zero-order valence-corrected chi connectivity index (χ0v) is 10.2. The number of nitrogens with one attached hydrogen (secondary N) is 1. The van der Waals surface area contributed by atoms with Crippen molar-refractivity contribution < 1.29 is 14.3 Å². The van der Waals surface area contributed by atoms with Crippen molar-refractivity contribution in [3.05, 3.63) is 35.4 Å². The zero-order chi connectivity index (χ0) is 13.0. The van der Waals surface area contributed by atoms with Crippen LogP contribution < -0.4 is 5.32 Å². The molecule has 18 heavy (non-hydrogen) atoms. The van der Waals surface area contributed by atoms with Gasteiger partial charge in [0.25, 0.3) is 0 Å². The average molecular weight is 251 g/mol. The molecule has 0 heterocycles. The third-order valence-corrected chi connectivity index (χ3v) is 3.45. The first-order valence-electron chi connectivity index (χ1n) is 6.35. The number of rotatable bonds is 4. The van der Waals surface area contributed by atoms with Gasteiger partial charge in [-0.05, 0) is 43.4 Å². The number of halogens is 1. The Morgan fingerprint density at radius 1 is 1.22 bits per heavy atom. The molecular weight excluding hydrogens is 233 g/mol. The van der Waals surface area contributed by atoms with Crippen molar-refractivity contribution in [1.82, 2.24) is 5.32 Å². The normalized spacial score (nSPS) is 23.8. The van der Waals surface area contributed by atoms with Crippen LogP contribution >= 0.6 is 0 Å². The molecule has 4 heteroatoms. The molecule has 0 atom stereocenters. The van der Waals surface area contributed by atoms with E-state index in [-0.39, 0.29) is 0 Å². The van der Waals surface area contributed by atoms with Gasteiger partial charge in [0, 0.05) is 12.6 Å². The largest absolute Gasteiger partial charge is 0.478 e. The van der Waals surface area contributed by atoms with Gasteiger partial charge in [-0.1, -0.05) is 12.1 Å². The Morgan fingerprint density at radius 3 is 2.39 bits per heavy atom. The third-order valence-electron chi connectivity index (χ3n) is 3.45. The Labute approximate surface area is 106 Å². The maximum absolute atomic E-state index is 13.0. The summed E-state index contributed by atoms with van der Waals surface area (Å²) >= 11 is 0. The summed E-state index contributed by atoms with van der Waals surface area (Å²) < 4.78 is 13.0. The Morgan fingerprint density at radius 2 is 1.83 bits per heavy atom. The van der Waals surface area contributed by atoms with E-state index in [1.54, 1.807) is 12.1 Å². The Hall–Kier alpha value is -1.42. The van der Waals surface area contributed by atoms with E-state index in [1.165, 1.54) is 0 Å². The van der Waals surface area contributed by atoms with Gasteiger partial charge < -0.3 is 10.4 Å². The van der Waals surface area contributed by atoms with Crippen molar-refractivity contribution in [2.45, 2.75) is 44.4 Å². The van der Waals surface area contributed by atoms with Crippen LogP contribution in [-0.4, -0.2) is 23.3 Å². The van der Waals surface area contributed by atoms with E-state index in [0.29, 0.717) is 31.0 Å². The van der Waals surface area contributed by atoms with Crippen molar-refractivity contribution in [3.8, 4) is 0 Å². The predicted molar refractivity (Wildman–Crippen MR) is 67.4 cm³/mol. The SMILES string of the molecule is O=C(O)c1ccc(CNC2CCC(F)CC2)cc1. The number of benzene rings is 1. The molecule has 0 radical (unpaired) electrons. The van der Waals surface area contributed by atoms with Crippen LogP contribution in [0.2, 0.25) is 0 Å². The topological polar surface area (TPSA) is 49.3 Å². The second-order valence-electron chi connectivity index (χ2n) is 4.83. The van der Waals surface area contributed by atoms with E-state index in [2.05, 4.69) is 5.32 Å². The minimum Gasteiger partial charge on any atom is -0.478 e. The molecule has 1 fully saturated rings. The highest BCUT2D eigenvalue weighted by Gasteiger charge is 2.19. The van der Waals surface area contributed by atoms with Gasteiger partial charge in [0.2, 0.25) is 0 Å². The highest BCUT2D eigenvalue weighted by Crippen LogP contribution is 2.21. The van der Waals surface area contributed by atoms with Crippen LogP contribution in [0.25, 0.3) is 0 Å². The summed E-state index contributed by atoms with van der Waals surface area (Å²) in [5, 5.41) is 12.2. The molecule has 0 spiro atoms. The average Bonchev–Trinajstić information content (AvgIpc) is 2.38. The molecule has 0 aliphatic heterocycles. The second kappa shape index (κ2) is 5.96. The Kier molecular flexibility index (Phi) is 4.31. The van der Waals surface area contributed by atoms with E-state index in [4.69, 9.17) is 5.11 Å². The van der Waals surface area contributed by atoms with Gasteiger partial charge in [-0.25, -0.2) is 9.18 Å². The first-order chi connectivity index (χ1) is 8.65. The summed E-state index contributed by atoms with van der Waals surface area (Å²) in [6, 6.07) is 7.24. The van der Waals surface area contributed by atoms with Crippen LogP contribution in [0.3, 0.4) is 0 Å². The highest BCUT2D eigenvalue weighted by atomic mass is 19.1. The maximum Gasteiger partial charge on any atom is 0.335 e. The maximum atomic E-state index is 13.0. The zero-order valence-electron chi connectivity index (χ0n) is 10.2.